The van der Waals surface area contributed by atoms with Gasteiger partial charge in [0.2, 0.25) is 0 Å². The van der Waals surface area contributed by atoms with Crippen molar-refractivity contribution in [2.45, 2.75) is 32.0 Å². The molecule has 0 aliphatic carbocycles. The van der Waals surface area contributed by atoms with Crippen molar-refractivity contribution in [2.24, 2.45) is 0 Å². The molecular formula is C24H27FN6O2. The molecule has 8 nitrogen and oxygen atoms in total. The first-order valence-electron chi connectivity index (χ1n) is 10.7. The summed E-state index contributed by atoms with van der Waals surface area (Å²) in [7, 11) is 1.84. The second kappa shape index (κ2) is 9.03. The highest BCUT2D eigenvalue weighted by molar-refractivity contribution is 6.04. The fraction of sp³-hybridized carbons (Fsp3) is 0.292. The molecule has 1 aliphatic rings. The smallest absolute Gasteiger partial charge is 0.319 e. The molecule has 4 rings (SSSR count). The predicted molar refractivity (Wildman–Crippen MR) is 123 cm³/mol. The monoisotopic (exact) mass is 450 g/mol. The maximum atomic E-state index is 14.0. The SMILES string of the molecule is CNC[C@@H](NC(=O)N1Cc2c(NC(=O)c3ccccc3F)n[nH]c2C1(C)C)c1ccccc1. The molecule has 4 N–H and O–H groups in total. The number of benzene rings is 2. The van der Waals surface area contributed by atoms with Crippen LogP contribution in [0.2, 0.25) is 0 Å². The van der Waals surface area contributed by atoms with Gasteiger partial charge in [-0.3, -0.25) is 9.89 Å². The van der Waals surface area contributed by atoms with Gasteiger partial charge in [0.05, 0.1) is 29.4 Å². The maximum Gasteiger partial charge on any atom is 0.319 e. The third-order valence-electron chi connectivity index (χ3n) is 5.97. The molecule has 0 saturated heterocycles. The van der Waals surface area contributed by atoms with Gasteiger partial charge in [0.15, 0.2) is 5.82 Å². The van der Waals surface area contributed by atoms with Crippen molar-refractivity contribution < 1.29 is 14.0 Å². The van der Waals surface area contributed by atoms with Crippen LogP contribution in [0, 0.1) is 5.82 Å². The van der Waals surface area contributed by atoms with Gasteiger partial charge in [-0.1, -0.05) is 42.5 Å². The summed E-state index contributed by atoms with van der Waals surface area (Å²) in [6.07, 6.45) is 0. The summed E-state index contributed by atoms with van der Waals surface area (Å²) in [5, 5.41) is 16.1. The van der Waals surface area contributed by atoms with E-state index in [1.54, 1.807) is 11.0 Å². The van der Waals surface area contributed by atoms with E-state index in [1.165, 1.54) is 18.2 Å². The van der Waals surface area contributed by atoms with Crippen LogP contribution in [0.1, 0.15) is 47.1 Å². The number of hydrogen-bond donors (Lipinski definition) is 4. The van der Waals surface area contributed by atoms with Crippen LogP contribution in [-0.2, 0) is 12.1 Å². The van der Waals surface area contributed by atoms with Crippen molar-refractivity contribution in [3.8, 4) is 0 Å². The molecule has 0 saturated carbocycles. The number of carbonyl (C=O) groups excluding carboxylic acids is 2. The quantitative estimate of drug-likeness (QED) is 0.461. The molecule has 0 spiro atoms. The Morgan fingerprint density at radius 1 is 1.15 bits per heavy atom. The maximum absolute atomic E-state index is 14.0. The molecule has 2 heterocycles. The van der Waals surface area contributed by atoms with E-state index < -0.39 is 17.3 Å². The van der Waals surface area contributed by atoms with Crippen LogP contribution in [0.15, 0.2) is 54.6 Å². The molecule has 9 heteroatoms. The molecule has 0 radical (unpaired) electrons. The summed E-state index contributed by atoms with van der Waals surface area (Å²) in [4.78, 5) is 27.6. The second-order valence-electron chi connectivity index (χ2n) is 8.48. The van der Waals surface area contributed by atoms with E-state index in [1.807, 2.05) is 51.2 Å². The zero-order valence-electron chi connectivity index (χ0n) is 18.8. The van der Waals surface area contributed by atoms with Gasteiger partial charge in [-0.2, -0.15) is 5.10 Å². The number of H-pyrrole nitrogens is 1. The van der Waals surface area contributed by atoms with Crippen molar-refractivity contribution in [3.05, 3.63) is 82.8 Å². The van der Waals surface area contributed by atoms with E-state index in [9.17, 15) is 14.0 Å². The van der Waals surface area contributed by atoms with Crippen LogP contribution >= 0.6 is 0 Å². The Morgan fingerprint density at radius 2 is 1.85 bits per heavy atom. The van der Waals surface area contributed by atoms with E-state index in [2.05, 4.69) is 26.1 Å². The van der Waals surface area contributed by atoms with Crippen LogP contribution < -0.4 is 16.0 Å². The average molecular weight is 451 g/mol. The number of fused-ring (bicyclic) bond motifs is 1. The number of likely N-dealkylation sites (N-methyl/N-ethyl adjacent to an activating group) is 1. The Kier molecular flexibility index (Phi) is 6.15. The predicted octanol–water partition coefficient (Wildman–Crippen LogP) is 3.52. The highest BCUT2D eigenvalue weighted by Gasteiger charge is 2.44. The topological polar surface area (TPSA) is 102 Å². The van der Waals surface area contributed by atoms with Crippen LogP contribution in [-0.4, -0.2) is 40.6 Å². The largest absolute Gasteiger partial charge is 0.330 e. The lowest BCUT2D eigenvalue weighted by atomic mass is 10.0. The summed E-state index contributed by atoms with van der Waals surface area (Å²) < 4.78 is 14.0. The fourth-order valence-corrected chi connectivity index (χ4v) is 4.13. The first-order chi connectivity index (χ1) is 15.8. The van der Waals surface area contributed by atoms with Gasteiger partial charge in [-0.15, -0.1) is 0 Å². The molecule has 1 atom stereocenters. The average Bonchev–Trinajstić information content (AvgIpc) is 3.32. The minimum atomic E-state index is -0.686. The highest BCUT2D eigenvalue weighted by Crippen LogP contribution is 2.40. The van der Waals surface area contributed by atoms with Crippen LogP contribution in [0.3, 0.4) is 0 Å². The van der Waals surface area contributed by atoms with Crippen LogP contribution in [0.4, 0.5) is 15.0 Å². The zero-order chi connectivity index (χ0) is 23.6. The molecule has 3 aromatic rings. The summed E-state index contributed by atoms with van der Waals surface area (Å²) in [5.74, 6) is -0.919. The standard InChI is InChI=1S/C24H27FN6O2/c1-24(2)20-17(21(30-29-20)28-22(32)16-11-7-8-12-18(16)25)14-31(24)23(33)27-19(13-26-3)15-9-5-4-6-10-15/h4-12,19,26H,13-14H2,1-3H3,(H,27,33)(H2,28,29,30,32)/t19-/m1/s1. The molecule has 0 unspecified atom stereocenters. The fourth-order valence-electron chi connectivity index (χ4n) is 4.13. The number of halogens is 1. The van der Waals surface area contributed by atoms with Crippen molar-refractivity contribution in [1.29, 1.82) is 0 Å². The lowest BCUT2D eigenvalue weighted by Gasteiger charge is -2.33. The number of nitrogens with one attached hydrogen (secondary N) is 4. The zero-order valence-corrected chi connectivity index (χ0v) is 18.8. The van der Waals surface area contributed by atoms with Gasteiger partial charge >= 0.3 is 6.03 Å². The number of hydrogen-bond acceptors (Lipinski definition) is 4. The Bertz CT molecular complexity index is 1160. The second-order valence-corrected chi connectivity index (χ2v) is 8.48. The minimum absolute atomic E-state index is 0.0705. The lowest BCUT2D eigenvalue weighted by Crippen LogP contribution is -2.48. The summed E-state index contributed by atoms with van der Waals surface area (Å²) in [6.45, 7) is 4.64. The number of amides is 3. The molecule has 33 heavy (non-hydrogen) atoms. The minimum Gasteiger partial charge on any atom is -0.330 e. The van der Waals surface area contributed by atoms with Gasteiger partial charge in [-0.25, -0.2) is 9.18 Å². The van der Waals surface area contributed by atoms with E-state index in [4.69, 9.17) is 0 Å². The molecule has 172 valence electrons. The molecule has 0 bridgehead atoms. The van der Waals surface area contributed by atoms with Gasteiger partial charge in [0.25, 0.3) is 5.91 Å². The van der Waals surface area contributed by atoms with E-state index in [0.29, 0.717) is 12.1 Å². The Hall–Kier alpha value is -3.72. The normalized spacial score (nSPS) is 15.1. The molecule has 1 aromatic heterocycles. The van der Waals surface area contributed by atoms with Crippen molar-refractivity contribution in [2.75, 3.05) is 18.9 Å². The first kappa shape index (κ1) is 22.5. The van der Waals surface area contributed by atoms with Crippen molar-refractivity contribution in [3.63, 3.8) is 0 Å². The van der Waals surface area contributed by atoms with Gasteiger partial charge in [0.1, 0.15) is 5.82 Å². The number of urea groups is 1. The third kappa shape index (κ3) is 4.31. The lowest BCUT2D eigenvalue weighted by molar-refractivity contribution is 0.102. The van der Waals surface area contributed by atoms with Gasteiger partial charge in [-0.05, 0) is 38.6 Å². The Labute approximate surface area is 191 Å². The van der Waals surface area contributed by atoms with Crippen molar-refractivity contribution in [1.82, 2.24) is 25.7 Å². The first-order valence-corrected chi connectivity index (χ1v) is 10.7. The summed E-state index contributed by atoms with van der Waals surface area (Å²) >= 11 is 0. The number of anilines is 1. The van der Waals surface area contributed by atoms with E-state index in [-0.39, 0.29) is 30.0 Å². The van der Waals surface area contributed by atoms with E-state index >= 15 is 0 Å². The summed E-state index contributed by atoms with van der Waals surface area (Å²) in [6, 6.07) is 15.1. The van der Waals surface area contributed by atoms with Gasteiger partial charge in [0, 0.05) is 12.1 Å². The molecular weight excluding hydrogens is 423 g/mol. The van der Waals surface area contributed by atoms with Crippen LogP contribution in [0.25, 0.3) is 0 Å². The van der Waals surface area contributed by atoms with Crippen molar-refractivity contribution >= 4 is 17.8 Å². The molecule has 1 aliphatic heterocycles. The number of aromatic amines is 1. The number of nitrogens with zero attached hydrogens (tertiary/aromatic N) is 2. The number of aromatic nitrogens is 2. The molecule has 3 amide bonds. The summed E-state index contributed by atoms with van der Waals surface area (Å²) in [5.41, 5.74) is 1.67. The number of rotatable bonds is 6. The van der Waals surface area contributed by atoms with E-state index in [0.717, 1.165) is 11.3 Å². The Balaban J connectivity index is 1.53. The third-order valence-corrected chi connectivity index (χ3v) is 5.97. The highest BCUT2D eigenvalue weighted by atomic mass is 19.1. The molecule has 2 aromatic carbocycles. The van der Waals surface area contributed by atoms with Crippen LogP contribution in [0.5, 0.6) is 0 Å². The number of carbonyl (C=O) groups is 2. The Morgan fingerprint density at radius 3 is 2.55 bits per heavy atom. The van der Waals surface area contributed by atoms with Gasteiger partial charge < -0.3 is 20.9 Å². The molecule has 0 fully saturated rings.